The Bertz CT molecular complexity index is 428. The van der Waals surface area contributed by atoms with E-state index in [-0.39, 0.29) is 5.91 Å². The van der Waals surface area contributed by atoms with Crippen LogP contribution in [-0.4, -0.2) is 35.8 Å². The minimum Gasteiger partial charge on any atom is -0.493 e. The van der Waals surface area contributed by atoms with Gasteiger partial charge in [-0.1, -0.05) is 22.9 Å². The van der Waals surface area contributed by atoms with Gasteiger partial charge in [-0.05, 0) is 30.2 Å². The van der Waals surface area contributed by atoms with Crippen LogP contribution in [0.15, 0.2) is 18.2 Å². The molecule has 0 aliphatic carbocycles. The van der Waals surface area contributed by atoms with E-state index in [4.69, 9.17) is 4.74 Å². The first-order chi connectivity index (χ1) is 8.76. The van der Waals surface area contributed by atoms with E-state index < -0.39 is 0 Å². The van der Waals surface area contributed by atoms with Crippen LogP contribution in [-0.2, 0) is 6.42 Å². The molecule has 1 heterocycles. The summed E-state index contributed by atoms with van der Waals surface area (Å²) in [5.41, 5.74) is 1.92. The second-order valence-electron chi connectivity index (χ2n) is 4.40. The van der Waals surface area contributed by atoms with Crippen LogP contribution in [0.5, 0.6) is 5.75 Å². The maximum atomic E-state index is 12.4. The first kappa shape index (κ1) is 13.4. The fourth-order valence-corrected chi connectivity index (χ4v) is 2.62. The summed E-state index contributed by atoms with van der Waals surface area (Å²) >= 11 is 3.40. The average Bonchev–Trinajstić information content (AvgIpc) is 2.84. The quantitative estimate of drug-likeness (QED) is 0.783. The third-order valence-electron chi connectivity index (χ3n) is 3.07. The van der Waals surface area contributed by atoms with Crippen molar-refractivity contribution in [1.82, 2.24) is 4.90 Å². The van der Waals surface area contributed by atoms with Crippen molar-refractivity contribution in [1.29, 1.82) is 0 Å². The average molecular weight is 312 g/mol. The van der Waals surface area contributed by atoms with Gasteiger partial charge in [0.25, 0.3) is 5.91 Å². The molecule has 1 aliphatic rings. The first-order valence-electron chi connectivity index (χ1n) is 6.37. The van der Waals surface area contributed by atoms with Crippen molar-refractivity contribution in [2.75, 3.05) is 25.0 Å². The maximum absolute atomic E-state index is 12.4. The number of hydrogen-bond acceptors (Lipinski definition) is 2. The predicted molar refractivity (Wildman–Crippen MR) is 75.6 cm³/mol. The van der Waals surface area contributed by atoms with Crippen LogP contribution in [0.2, 0.25) is 0 Å². The van der Waals surface area contributed by atoms with Gasteiger partial charge in [-0.3, -0.25) is 4.79 Å². The molecule has 1 amide bonds. The van der Waals surface area contributed by atoms with E-state index >= 15 is 0 Å². The molecule has 1 aromatic rings. The van der Waals surface area contributed by atoms with E-state index in [1.165, 1.54) is 0 Å². The Morgan fingerprint density at radius 2 is 2.28 bits per heavy atom. The molecule has 3 nitrogen and oxygen atoms in total. The van der Waals surface area contributed by atoms with Crippen molar-refractivity contribution in [3.05, 3.63) is 29.3 Å². The lowest BCUT2D eigenvalue weighted by atomic mass is 10.1. The van der Waals surface area contributed by atoms with Gasteiger partial charge in [0.2, 0.25) is 0 Å². The number of carbonyl (C=O) groups excluding carboxylic acids is 1. The Morgan fingerprint density at radius 3 is 3.00 bits per heavy atom. The summed E-state index contributed by atoms with van der Waals surface area (Å²) in [5.74, 6) is 1.04. The molecule has 0 atom stereocenters. The normalized spacial score (nSPS) is 13.0. The molecule has 0 saturated carbocycles. The molecule has 0 radical (unpaired) electrons. The number of ether oxygens (including phenoxy) is 1. The van der Waals surface area contributed by atoms with Crippen LogP contribution >= 0.6 is 15.9 Å². The fourth-order valence-electron chi connectivity index (χ4n) is 2.19. The zero-order chi connectivity index (χ0) is 13.0. The second-order valence-corrected chi connectivity index (χ2v) is 5.20. The highest BCUT2D eigenvalue weighted by molar-refractivity contribution is 9.09. The molecule has 0 unspecified atom stereocenters. The molecule has 1 aliphatic heterocycles. The van der Waals surface area contributed by atoms with Crippen LogP contribution in [0.3, 0.4) is 0 Å². The van der Waals surface area contributed by atoms with Crippen molar-refractivity contribution < 1.29 is 9.53 Å². The van der Waals surface area contributed by atoms with Gasteiger partial charge >= 0.3 is 0 Å². The molecule has 1 aromatic carbocycles. The smallest absolute Gasteiger partial charge is 0.253 e. The number of halogens is 1. The Labute approximate surface area is 116 Å². The molecular formula is C14H18BrNO2. The number of benzene rings is 1. The molecule has 0 aromatic heterocycles. The summed E-state index contributed by atoms with van der Waals surface area (Å²) in [5, 5.41) is 0.812. The third-order valence-corrected chi connectivity index (χ3v) is 3.43. The van der Waals surface area contributed by atoms with Crippen molar-refractivity contribution >= 4 is 21.8 Å². The Morgan fingerprint density at radius 1 is 1.44 bits per heavy atom. The van der Waals surface area contributed by atoms with Crippen molar-refractivity contribution in [2.45, 2.75) is 19.8 Å². The van der Waals surface area contributed by atoms with Gasteiger partial charge in [0, 0.05) is 30.4 Å². The zero-order valence-electron chi connectivity index (χ0n) is 10.6. The van der Waals surface area contributed by atoms with Gasteiger partial charge in [-0.25, -0.2) is 0 Å². The number of fused-ring (bicyclic) bond motifs is 1. The van der Waals surface area contributed by atoms with Crippen LogP contribution < -0.4 is 4.74 Å². The number of carbonyl (C=O) groups is 1. The standard InChI is InChI=1S/C14H18BrNO2/c1-2-7-16(8-6-15)14(17)12-3-4-13-11(10-12)5-9-18-13/h3-4,10H,2,5-9H2,1H3. The van der Waals surface area contributed by atoms with Crippen molar-refractivity contribution in [3.8, 4) is 5.75 Å². The second kappa shape index (κ2) is 6.23. The number of hydrogen-bond donors (Lipinski definition) is 0. The largest absolute Gasteiger partial charge is 0.493 e. The molecule has 0 bridgehead atoms. The monoisotopic (exact) mass is 311 g/mol. The Hall–Kier alpha value is -1.03. The molecule has 18 heavy (non-hydrogen) atoms. The number of rotatable bonds is 5. The number of amides is 1. The highest BCUT2D eigenvalue weighted by Gasteiger charge is 2.18. The lowest BCUT2D eigenvalue weighted by Crippen LogP contribution is -2.33. The van der Waals surface area contributed by atoms with Crippen LogP contribution in [0.1, 0.15) is 29.3 Å². The van der Waals surface area contributed by atoms with Crippen LogP contribution in [0, 0.1) is 0 Å². The van der Waals surface area contributed by atoms with Crippen molar-refractivity contribution in [2.24, 2.45) is 0 Å². The summed E-state index contributed by atoms with van der Waals surface area (Å²) in [6.45, 7) is 4.37. The summed E-state index contributed by atoms with van der Waals surface area (Å²) < 4.78 is 5.46. The number of alkyl halides is 1. The lowest BCUT2D eigenvalue weighted by molar-refractivity contribution is 0.0766. The van der Waals surface area contributed by atoms with Gasteiger partial charge < -0.3 is 9.64 Å². The minimum absolute atomic E-state index is 0.117. The summed E-state index contributed by atoms with van der Waals surface area (Å²) in [7, 11) is 0. The van der Waals surface area contributed by atoms with Crippen molar-refractivity contribution in [3.63, 3.8) is 0 Å². The molecule has 98 valence electrons. The predicted octanol–water partition coefficient (Wildman–Crippen LogP) is 2.87. The van der Waals surface area contributed by atoms with E-state index in [1.807, 2.05) is 23.1 Å². The molecule has 2 rings (SSSR count). The SMILES string of the molecule is CCCN(CCBr)C(=O)c1ccc2c(c1)CCO2. The Kier molecular flexibility index (Phi) is 4.64. The maximum Gasteiger partial charge on any atom is 0.253 e. The Balaban J connectivity index is 2.16. The lowest BCUT2D eigenvalue weighted by Gasteiger charge is -2.21. The number of nitrogens with zero attached hydrogens (tertiary/aromatic N) is 1. The van der Waals surface area contributed by atoms with Gasteiger partial charge in [0.15, 0.2) is 0 Å². The molecule has 0 N–H and O–H groups in total. The van der Waals surface area contributed by atoms with E-state index in [2.05, 4.69) is 22.9 Å². The van der Waals surface area contributed by atoms with Crippen LogP contribution in [0.4, 0.5) is 0 Å². The zero-order valence-corrected chi connectivity index (χ0v) is 12.2. The van der Waals surface area contributed by atoms with Gasteiger partial charge in [0.1, 0.15) is 5.75 Å². The van der Waals surface area contributed by atoms with Crippen LogP contribution in [0.25, 0.3) is 0 Å². The van der Waals surface area contributed by atoms with Gasteiger partial charge in [-0.2, -0.15) is 0 Å². The topological polar surface area (TPSA) is 29.5 Å². The summed E-state index contributed by atoms with van der Waals surface area (Å²) in [6, 6.07) is 5.75. The molecule has 0 spiro atoms. The van der Waals surface area contributed by atoms with Gasteiger partial charge in [-0.15, -0.1) is 0 Å². The molecule has 0 saturated heterocycles. The minimum atomic E-state index is 0.117. The molecular weight excluding hydrogens is 294 g/mol. The van der Waals surface area contributed by atoms with E-state index in [9.17, 15) is 4.79 Å². The third kappa shape index (κ3) is 2.86. The fraction of sp³-hybridized carbons (Fsp3) is 0.500. The summed E-state index contributed by atoms with van der Waals surface area (Å²) in [6.07, 6.45) is 1.88. The highest BCUT2D eigenvalue weighted by atomic mass is 79.9. The van der Waals surface area contributed by atoms with E-state index in [1.54, 1.807) is 0 Å². The first-order valence-corrected chi connectivity index (χ1v) is 7.49. The summed E-state index contributed by atoms with van der Waals surface area (Å²) in [4.78, 5) is 14.3. The molecule has 0 fully saturated rings. The van der Waals surface area contributed by atoms with E-state index in [0.717, 1.165) is 54.7 Å². The van der Waals surface area contributed by atoms with Gasteiger partial charge in [0.05, 0.1) is 6.61 Å². The molecule has 4 heteroatoms. The van der Waals surface area contributed by atoms with E-state index in [0.29, 0.717) is 0 Å². The highest BCUT2D eigenvalue weighted by Crippen LogP contribution is 2.26.